The number of ether oxygens (including phenoxy) is 2. The molecule has 1 fully saturated rings. The Kier molecular flexibility index (Phi) is 6.81. The fourth-order valence-corrected chi connectivity index (χ4v) is 3.78. The highest BCUT2D eigenvalue weighted by Crippen LogP contribution is 2.37. The van der Waals surface area contributed by atoms with E-state index in [-0.39, 0.29) is 30.1 Å². The SMILES string of the molecule is COC(=O)C[C@@H]1CC[C@H](CC(=O)OC(C)(C)C)N1[C@@H](C)c1ccccc1. The van der Waals surface area contributed by atoms with Crippen molar-refractivity contribution in [2.45, 2.75) is 77.1 Å². The van der Waals surface area contributed by atoms with E-state index in [1.165, 1.54) is 12.7 Å². The van der Waals surface area contributed by atoms with Crippen molar-refractivity contribution in [2.75, 3.05) is 7.11 Å². The van der Waals surface area contributed by atoms with Crippen LogP contribution in [0.3, 0.4) is 0 Å². The first-order valence-electron chi connectivity index (χ1n) is 9.32. The quantitative estimate of drug-likeness (QED) is 0.720. The highest BCUT2D eigenvalue weighted by atomic mass is 16.6. The lowest BCUT2D eigenvalue weighted by atomic mass is 10.0. The minimum Gasteiger partial charge on any atom is -0.469 e. The maximum Gasteiger partial charge on any atom is 0.307 e. The van der Waals surface area contributed by atoms with Gasteiger partial charge in [0.25, 0.3) is 0 Å². The number of hydrogen-bond acceptors (Lipinski definition) is 5. The number of esters is 2. The largest absolute Gasteiger partial charge is 0.469 e. The average Bonchev–Trinajstić information content (AvgIpc) is 2.95. The maximum atomic E-state index is 12.4. The first-order chi connectivity index (χ1) is 12.2. The van der Waals surface area contributed by atoms with Gasteiger partial charge in [0, 0.05) is 18.1 Å². The second kappa shape index (κ2) is 8.67. The molecular weight excluding hydrogens is 330 g/mol. The molecule has 1 heterocycles. The van der Waals surface area contributed by atoms with Gasteiger partial charge in [-0.05, 0) is 46.1 Å². The molecule has 0 N–H and O–H groups in total. The van der Waals surface area contributed by atoms with Gasteiger partial charge in [-0.15, -0.1) is 0 Å². The first kappa shape index (κ1) is 20.4. The van der Waals surface area contributed by atoms with Gasteiger partial charge in [0.05, 0.1) is 20.0 Å². The third kappa shape index (κ3) is 5.56. The van der Waals surface area contributed by atoms with Crippen molar-refractivity contribution < 1.29 is 19.1 Å². The van der Waals surface area contributed by atoms with Crippen molar-refractivity contribution in [3.8, 4) is 0 Å². The third-order valence-corrected chi connectivity index (χ3v) is 4.86. The molecule has 0 unspecified atom stereocenters. The van der Waals surface area contributed by atoms with Gasteiger partial charge < -0.3 is 9.47 Å². The van der Waals surface area contributed by atoms with Gasteiger partial charge in [-0.2, -0.15) is 0 Å². The topological polar surface area (TPSA) is 55.8 Å². The Morgan fingerprint density at radius 2 is 1.62 bits per heavy atom. The number of nitrogens with zero attached hydrogens (tertiary/aromatic N) is 1. The van der Waals surface area contributed by atoms with E-state index in [4.69, 9.17) is 9.47 Å². The number of rotatable bonds is 6. The Hall–Kier alpha value is -1.88. The minimum absolute atomic E-state index is 0.0645. The summed E-state index contributed by atoms with van der Waals surface area (Å²) in [4.78, 5) is 26.5. The number of methoxy groups -OCH3 is 1. The van der Waals surface area contributed by atoms with Gasteiger partial charge >= 0.3 is 11.9 Å². The monoisotopic (exact) mass is 361 g/mol. The Balaban J connectivity index is 2.17. The molecule has 2 rings (SSSR count). The lowest BCUT2D eigenvalue weighted by molar-refractivity contribution is -0.156. The van der Waals surface area contributed by atoms with Gasteiger partial charge in [-0.25, -0.2) is 0 Å². The van der Waals surface area contributed by atoms with Crippen molar-refractivity contribution in [2.24, 2.45) is 0 Å². The van der Waals surface area contributed by atoms with Gasteiger partial charge in [-0.1, -0.05) is 30.3 Å². The van der Waals surface area contributed by atoms with Gasteiger partial charge in [-0.3, -0.25) is 14.5 Å². The molecule has 26 heavy (non-hydrogen) atoms. The number of carbonyl (C=O) groups excluding carboxylic acids is 2. The normalized spacial score (nSPS) is 22.0. The maximum absolute atomic E-state index is 12.4. The molecule has 0 amide bonds. The Morgan fingerprint density at radius 3 is 2.12 bits per heavy atom. The summed E-state index contributed by atoms with van der Waals surface area (Å²) in [5, 5.41) is 0. The zero-order valence-corrected chi connectivity index (χ0v) is 16.5. The van der Waals surface area contributed by atoms with Crippen molar-refractivity contribution in [3.63, 3.8) is 0 Å². The summed E-state index contributed by atoms with van der Waals surface area (Å²) < 4.78 is 10.4. The van der Waals surface area contributed by atoms with E-state index in [2.05, 4.69) is 24.0 Å². The molecular formula is C21H31NO4. The van der Waals surface area contributed by atoms with Gasteiger partial charge in [0.15, 0.2) is 0 Å². The summed E-state index contributed by atoms with van der Waals surface area (Å²) in [6.07, 6.45) is 2.43. The smallest absolute Gasteiger partial charge is 0.307 e. The molecule has 0 bridgehead atoms. The molecule has 0 aromatic heterocycles. The van der Waals surface area contributed by atoms with Crippen LogP contribution in [0, 0.1) is 0 Å². The molecule has 1 saturated heterocycles. The molecule has 1 aliphatic heterocycles. The Morgan fingerprint density at radius 1 is 1.08 bits per heavy atom. The average molecular weight is 361 g/mol. The summed E-state index contributed by atoms with van der Waals surface area (Å²) >= 11 is 0. The van der Waals surface area contributed by atoms with E-state index in [9.17, 15) is 9.59 Å². The van der Waals surface area contributed by atoms with Crippen LogP contribution in [0.5, 0.6) is 0 Å². The molecule has 1 aliphatic rings. The number of benzene rings is 1. The van der Waals surface area contributed by atoms with Crippen LogP contribution in [-0.2, 0) is 19.1 Å². The lowest BCUT2D eigenvalue weighted by Crippen LogP contribution is -2.41. The third-order valence-electron chi connectivity index (χ3n) is 4.86. The summed E-state index contributed by atoms with van der Waals surface area (Å²) in [7, 11) is 1.42. The summed E-state index contributed by atoms with van der Waals surface area (Å²) in [6, 6.07) is 10.4. The summed E-state index contributed by atoms with van der Waals surface area (Å²) in [5.41, 5.74) is 0.690. The van der Waals surface area contributed by atoms with Crippen molar-refractivity contribution in [3.05, 3.63) is 35.9 Å². The highest BCUT2D eigenvalue weighted by Gasteiger charge is 2.39. The molecule has 144 valence electrons. The molecule has 1 aromatic rings. The van der Waals surface area contributed by atoms with Crippen LogP contribution in [0.4, 0.5) is 0 Å². The van der Waals surface area contributed by atoms with E-state index in [1.54, 1.807) is 0 Å². The van der Waals surface area contributed by atoms with E-state index < -0.39 is 5.60 Å². The van der Waals surface area contributed by atoms with Crippen LogP contribution in [0.15, 0.2) is 30.3 Å². The molecule has 1 aromatic carbocycles. The van der Waals surface area contributed by atoms with Crippen molar-refractivity contribution in [1.82, 2.24) is 4.90 Å². The van der Waals surface area contributed by atoms with Crippen LogP contribution < -0.4 is 0 Å². The van der Waals surface area contributed by atoms with Crippen LogP contribution in [0.2, 0.25) is 0 Å². The second-order valence-corrected chi connectivity index (χ2v) is 7.99. The number of likely N-dealkylation sites (tertiary alicyclic amines) is 1. The van der Waals surface area contributed by atoms with Gasteiger partial charge in [0.2, 0.25) is 0 Å². The lowest BCUT2D eigenvalue weighted by Gasteiger charge is -2.35. The highest BCUT2D eigenvalue weighted by molar-refractivity contribution is 5.71. The summed E-state index contributed by atoms with van der Waals surface area (Å²) in [5.74, 6) is -0.398. The van der Waals surface area contributed by atoms with Crippen LogP contribution in [-0.4, -0.2) is 41.6 Å². The molecule has 5 nitrogen and oxygen atoms in total. The summed E-state index contributed by atoms with van der Waals surface area (Å²) in [6.45, 7) is 7.77. The van der Waals surface area contributed by atoms with Crippen LogP contribution in [0.25, 0.3) is 0 Å². The van der Waals surface area contributed by atoms with Crippen LogP contribution >= 0.6 is 0 Å². The number of carbonyl (C=O) groups is 2. The van der Waals surface area contributed by atoms with E-state index in [0.29, 0.717) is 12.8 Å². The zero-order valence-electron chi connectivity index (χ0n) is 16.5. The fourth-order valence-electron chi connectivity index (χ4n) is 3.78. The second-order valence-electron chi connectivity index (χ2n) is 7.99. The predicted octanol–water partition coefficient (Wildman–Crippen LogP) is 3.88. The number of hydrogen-bond donors (Lipinski definition) is 0. The Bertz CT molecular complexity index is 608. The minimum atomic E-state index is -0.489. The molecule has 0 aliphatic carbocycles. The van der Waals surface area contributed by atoms with E-state index >= 15 is 0 Å². The van der Waals surface area contributed by atoms with Crippen molar-refractivity contribution >= 4 is 11.9 Å². The molecule has 0 saturated carbocycles. The Labute approximate surface area is 156 Å². The standard InChI is InChI=1S/C21H31NO4/c1-15(16-9-7-6-8-10-16)22-17(13-19(23)25-5)11-12-18(22)14-20(24)26-21(2,3)4/h6-10,15,17-18H,11-14H2,1-5H3/t15-,17-,18+/m0/s1. The van der Waals surface area contributed by atoms with E-state index in [1.807, 2.05) is 39.0 Å². The van der Waals surface area contributed by atoms with Gasteiger partial charge in [0.1, 0.15) is 5.60 Å². The first-order valence-corrected chi connectivity index (χ1v) is 9.32. The molecule has 0 radical (unpaired) electrons. The molecule has 5 heteroatoms. The molecule has 3 atom stereocenters. The predicted molar refractivity (Wildman–Crippen MR) is 101 cm³/mol. The van der Waals surface area contributed by atoms with E-state index in [0.717, 1.165) is 12.8 Å². The van der Waals surface area contributed by atoms with Crippen molar-refractivity contribution in [1.29, 1.82) is 0 Å². The van der Waals surface area contributed by atoms with Crippen LogP contribution in [0.1, 0.15) is 65.0 Å². The fraction of sp³-hybridized carbons (Fsp3) is 0.619. The zero-order chi connectivity index (χ0) is 19.3. The molecule has 0 spiro atoms.